The Balaban J connectivity index is 1.58. The Bertz CT molecular complexity index is 732. The van der Waals surface area contributed by atoms with E-state index >= 15 is 0 Å². The van der Waals surface area contributed by atoms with E-state index in [-0.39, 0.29) is 11.9 Å². The molecular weight excluding hydrogens is 296 g/mol. The maximum atomic E-state index is 12.8. The molecule has 1 aliphatic heterocycles. The summed E-state index contributed by atoms with van der Waals surface area (Å²) in [6.45, 7) is 0.665. The molecule has 0 spiro atoms. The highest BCUT2D eigenvalue weighted by atomic mass is 16.3. The van der Waals surface area contributed by atoms with Gasteiger partial charge in [-0.2, -0.15) is 5.10 Å². The van der Waals surface area contributed by atoms with E-state index in [1.165, 1.54) is 0 Å². The van der Waals surface area contributed by atoms with Crippen molar-refractivity contribution in [2.75, 3.05) is 11.4 Å². The monoisotopic (exact) mass is 316 g/mol. The first kappa shape index (κ1) is 14.4. The minimum Gasteiger partial charge on any atom is -0.383 e. The van der Waals surface area contributed by atoms with Crippen LogP contribution in [-0.4, -0.2) is 42.3 Å². The van der Waals surface area contributed by atoms with Crippen molar-refractivity contribution < 1.29 is 9.90 Å². The van der Waals surface area contributed by atoms with Crippen LogP contribution in [0.4, 0.5) is 5.82 Å². The van der Waals surface area contributed by atoms with Gasteiger partial charge in [-0.25, -0.2) is 4.68 Å². The van der Waals surface area contributed by atoms with Crippen LogP contribution in [-0.2, 0) is 17.4 Å². The number of nitrogens with zero attached hydrogens (tertiary/aromatic N) is 6. The molecule has 0 radical (unpaired) electrons. The van der Waals surface area contributed by atoms with Gasteiger partial charge in [0.25, 0.3) is 5.91 Å². The Kier molecular flexibility index (Phi) is 3.22. The second-order valence-corrected chi connectivity index (χ2v) is 6.46. The Morgan fingerprint density at radius 2 is 2.17 bits per heavy atom. The number of hydrogen-bond donors (Lipinski definition) is 1. The molecule has 1 saturated heterocycles. The van der Waals surface area contributed by atoms with E-state index in [0.717, 1.165) is 19.3 Å². The summed E-state index contributed by atoms with van der Waals surface area (Å²) in [5.74, 6) is 0.646. The standard InChI is InChI=1S/C15H20N6O2/c1-19-9-5-13(17-19)20-8-2-4-11(14(20)22)21-10-12(16-18-21)15(23)6-3-7-15/h5,9-11,23H,2-4,6-8H2,1H3. The first-order valence-electron chi connectivity index (χ1n) is 8.02. The molecule has 1 atom stereocenters. The summed E-state index contributed by atoms with van der Waals surface area (Å²) in [5.41, 5.74) is -0.275. The van der Waals surface area contributed by atoms with Gasteiger partial charge in [0, 0.05) is 25.9 Å². The van der Waals surface area contributed by atoms with E-state index in [4.69, 9.17) is 0 Å². The summed E-state index contributed by atoms with van der Waals surface area (Å²) in [4.78, 5) is 14.5. The molecule has 2 fully saturated rings. The fraction of sp³-hybridized carbons (Fsp3) is 0.600. The second-order valence-electron chi connectivity index (χ2n) is 6.46. The van der Waals surface area contributed by atoms with Gasteiger partial charge < -0.3 is 5.11 Å². The van der Waals surface area contributed by atoms with Crippen LogP contribution in [0.25, 0.3) is 0 Å². The van der Waals surface area contributed by atoms with E-state index in [1.807, 2.05) is 19.3 Å². The zero-order chi connectivity index (χ0) is 16.0. The first-order valence-corrected chi connectivity index (χ1v) is 8.02. The number of aliphatic hydroxyl groups is 1. The molecule has 1 N–H and O–H groups in total. The number of carbonyl (C=O) groups is 1. The molecule has 4 rings (SSSR count). The second kappa shape index (κ2) is 5.16. The summed E-state index contributed by atoms with van der Waals surface area (Å²) in [6.07, 6.45) is 7.58. The molecule has 8 heteroatoms. The molecule has 2 aromatic heterocycles. The third-order valence-electron chi connectivity index (χ3n) is 4.87. The fourth-order valence-corrected chi connectivity index (χ4v) is 3.29. The van der Waals surface area contributed by atoms with Crippen LogP contribution in [0.1, 0.15) is 43.8 Å². The average molecular weight is 316 g/mol. The van der Waals surface area contributed by atoms with Gasteiger partial charge in [-0.05, 0) is 32.1 Å². The maximum Gasteiger partial charge on any atom is 0.253 e. The summed E-state index contributed by atoms with van der Waals surface area (Å²) >= 11 is 0. The zero-order valence-electron chi connectivity index (χ0n) is 13.1. The number of amides is 1. The molecule has 23 heavy (non-hydrogen) atoms. The van der Waals surface area contributed by atoms with Gasteiger partial charge >= 0.3 is 0 Å². The van der Waals surface area contributed by atoms with Gasteiger partial charge in [0.2, 0.25) is 0 Å². The summed E-state index contributed by atoms with van der Waals surface area (Å²) < 4.78 is 3.29. The van der Waals surface area contributed by atoms with Crippen LogP contribution in [0.15, 0.2) is 18.5 Å². The molecule has 1 amide bonds. The summed E-state index contributed by atoms with van der Waals surface area (Å²) in [5, 5.41) is 22.9. The molecule has 8 nitrogen and oxygen atoms in total. The van der Waals surface area contributed by atoms with Crippen LogP contribution in [0.3, 0.4) is 0 Å². The van der Waals surface area contributed by atoms with Gasteiger partial charge in [-0.3, -0.25) is 14.4 Å². The highest BCUT2D eigenvalue weighted by Crippen LogP contribution is 2.40. The summed E-state index contributed by atoms with van der Waals surface area (Å²) in [6, 6.07) is 1.46. The van der Waals surface area contributed by atoms with E-state index in [1.54, 1.807) is 20.5 Å². The molecule has 3 heterocycles. The molecule has 1 aliphatic carbocycles. The molecule has 2 aliphatic rings. The predicted molar refractivity (Wildman–Crippen MR) is 81.6 cm³/mol. The first-order chi connectivity index (χ1) is 11.1. The van der Waals surface area contributed by atoms with Crippen LogP contribution < -0.4 is 4.90 Å². The Morgan fingerprint density at radius 1 is 1.35 bits per heavy atom. The molecular formula is C15H20N6O2. The lowest BCUT2D eigenvalue weighted by atomic mass is 9.78. The molecule has 2 aromatic rings. The number of rotatable bonds is 3. The van der Waals surface area contributed by atoms with Crippen molar-refractivity contribution in [3.8, 4) is 0 Å². The smallest absolute Gasteiger partial charge is 0.253 e. The minimum atomic E-state index is -0.851. The van der Waals surface area contributed by atoms with Gasteiger partial charge in [-0.1, -0.05) is 5.21 Å². The lowest BCUT2D eigenvalue weighted by Gasteiger charge is -2.34. The number of aromatic nitrogens is 5. The van der Waals surface area contributed by atoms with Crippen LogP contribution >= 0.6 is 0 Å². The van der Waals surface area contributed by atoms with Crippen molar-refractivity contribution >= 4 is 11.7 Å². The highest BCUT2D eigenvalue weighted by Gasteiger charge is 2.40. The van der Waals surface area contributed by atoms with E-state index < -0.39 is 5.60 Å². The third kappa shape index (κ3) is 2.33. The third-order valence-corrected chi connectivity index (χ3v) is 4.87. The number of aryl methyl sites for hydroxylation is 1. The Labute approximate surface area is 133 Å². The molecule has 0 aromatic carbocycles. The molecule has 122 valence electrons. The average Bonchev–Trinajstić information content (AvgIpc) is 3.14. The highest BCUT2D eigenvalue weighted by molar-refractivity contribution is 5.95. The van der Waals surface area contributed by atoms with Crippen molar-refractivity contribution in [3.05, 3.63) is 24.2 Å². The SMILES string of the molecule is Cn1ccc(N2CCCC(n3cc(C4(O)CCC4)nn3)C2=O)n1. The van der Waals surface area contributed by atoms with Gasteiger partial charge in [0.1, 0.15) is 17.3 Å². The van der Waals surface area contributed by atoms with Gasteiger partial charge in [0.15, 0.2) is 5.82 Å². The van der Waals surface area contributed by atoms with E-state index in [0.29, 0.717) is 30.9 Å². The number of carbonyl (C=O) groups excluding carboxylic acids is 1. The minimum absolute atomic E-state index is 0.0213. The lowest BCUT2D eigenvalue weighted by molar-refractivity contribution is -0.123. The fourth-order valence-electron chi connectivity index (χ4n) is 3.29. The van der Waals surface area contributed by atoms with E-state index in [2.05, 4.69) is 15.4 Å². The maximum absolute atomic E-state index is 12.8. The van der Waals surface area contributed by atoms with Crippen molar-refractivity contribution in [2.45, 2.75) is 43.7 Å². The van der Waals surface area contributed by atoms with Crippen molar-refractivity contribution in [1.29, 1.82) is 0 Å². The largest absolute Gasteiger partial charge is 0.383 e. The number of anilines is 1. The van der Waals surface area contributed by atoms with Crippen molar-refractivity contribution in [3.63, 3.8) is 0 Å². The Hall–Kier alpha value is -2.22. The normalized spacial score (nSPS) is 23.8. The zero-order valence-corrected chi connectivity index (χ0v) is 13.1. The quantitative estimate of drug-likeness (QED) is 0.902. The lowest BCUT2D eigenvalue weighted by Crippen LogP contribution is -2.42. The molecule has 1 unspecified atom stereocenters. The Morgan fingerprint density at radius 3 is 2.83 bits per heavy atom. The van der Waals surface area contributed by atoms with E-state index in [9.17, 15) is 9.90 Å². The number of hydrogen-bond acceptors (Lipinski definition) is 5. The van der Waals surface area contributed by atoms with Crippen molar-refractivity contribution in [2.24, 2.45) is 7.05 Å². The molecule has 1 saturated carbocycles. The topological polar surface area (TPSA) is 89.1 Å². The number of piperidine rings is 1. The summed E-state index contributed by atoms with van der Waals surface area (Å²) in [7, 11) is 1.83. The molecule has 0 bridgehead atoms. The van der Waals surface area contributed by atoms with Gasteiger partial charge in [-0.15, -0.1) is 5.10 Å². The van der Waals surface area contributed by atoms with Crippen molar-refractivity contribution in [1.82, 2.24) is 24.8 Å². The van der Waals surface area contributed by atoms with Crippen LogP contribution in [0.2, 0.25) is 0 Å². The van der Waals surface area contributed by atoms with Crippen LogP contribution in [0, 0.1) is 0 Å². The van der Waals surface area contributed by atoms with Crippen LogP contribution in [0.5, 0.6) is 0 Å². The predicted octanol–water partition coefficient (Wildman–Crippen LogP) is 0.751. The van der Waals surface area contributed by atoms with Gasteiger partial charge in [0.05, 0.1) is 6.20 Å².